The van der Waals surface area contributed by atoms with E-state index in [-0.39, 0.29) is 12.0 Å². The Morgan fingerprint density at radius 3 is 3.00 bits per heavy atom. The zero-order valence-electron chi connectivity index (χ0n) is 5.63. The normalized spacial score (nSPS) is 29.6. The van der Waals surface area contributed by atoms with Crippen molar-refractivity contribution in [2.75, 3.05) is 6.61 Å². The Hall–Kier alpha value is -0.550. The van der Waals surface area contributed by atoms with Crippen molar-refractivity contribution in [1.82, 2.24) is 0 Å². The summed E-state index contributed by atoms with van der Waals surface area (Å²) in [6.45, 7) is 2.76. The number of ether oxygens (including phenoxy) is 1. The molecule has 2 heteroatoms. The van der Waals surface area contributed by atoms with Gasteiger partial charge in [-0.2, -0.15) is 5.26 Å². The number of rotatable bonds is 1. The maximum atomic E-state index is 8.47. The summed E-state index contributed by atoms with van der Waals surface area (Å²) in [4.78, 5) is 0. The highest BCUT2D eigenvalue weighted by molar-refractivity contribution is 4.87. The van der Waals surface area contributed by atoms with E-state index >= 15 is 0 Å². The maximum absolute atomic E-state index is 8.47. The highest BCUT2D eigenvalue weighted by Gasteiger charge is 2.21. The third kappa shape index (κ3) is 1.43. The van der Waals surface area contributed by atoms with Crippen LogP contribution in [0.1, 0.15) is 19.8 Å². The molecule has 0 aromatic carbocycles. The first-order valence-corrected chi connectivity index (χ1v) is 3.36. The fraction of sp³-hybridized carbons (Fsp3) is 0.857. The Morgan fingerprint density at radius 1 is 1.78 bits per heavy atom. The first-order chi connectivity index (χ1) is 4.34. The van der Waals surface area contributed by atoms with E-state index in [0.717, 1.165) is 19.4 Å². The molecule has 50 valence electrons. The molecule has 1 fully saturated rings. The van der Waals surface area contributed by atoms with Crippen LogP contribution in [0.25, 0.3) is 0 Å². The van der Waals surface area contributed by atoms with Gasteiger partial charge in [0.25, 0.3) is 0 Å². The molecule has 1 aliphatic heterocycles. The quantitative estimate of drug-likeness (QED) is 0.529. The third-order valence-corrected chi connectivity index (χ3v) is 1.73. The molecule has 0 unspecified atom stereocenters. The minimum absolute atomic E-state index is 0.0764. The van der Waals surface area contributed by atoms with Crippen molar-refractivity contribution in [1.29, 1.82) is 5.26 Å². The molecule has 0 spiro atoms. The van der Waals surface area contributed by atoms with Crippen LogP contribution in [0.3, 0.4) is 0 Å². The zero-order chi connectivity index (χ0) is 6.69. The summed E-state index contributed by atoms with van der Waals surface area (Å²) in [6.07, 6.45) is 2.40. The van der Waals surface area contributed by atoms with E-state index in [4.69, 9.17) is 10.00 Å². The predicted octanol–water partition coefficient (Wildman–Crippen LogP) is 1.33. The van der Waals surface area contributed by atoms with Crippen molar-refractivity contribution in [3.05, 3.63) is 0 Å². The Kier molecular flexibility index (Phi) is 2.07. The van der Waals surface area contributed by atoms with Gasteiger partial charge in [-0.15, -0.1) is 0 Å². The molecule has 0 bridgehead atoms. The van der Waals surface area contributed by atoms with Crippen molar-refractivity contribution >= 4 is 0 Å². The Bertz CT molecular complexity index is 121. The van der Waals surface area contributed by atoms with Gasteiger partial charge >= 0.3 is 0 Å². The minimum Gasteiger partial charge on any atom is -0.377 e. The summed E-state index contributed by atoms with van der Waals surface area (Å²) >= 11 is 0. The van der Waals surface area contributed by atoms with Crippen LogP contribution in [0.2, 0.25) is 0 Å². The van der Waals surface area contributed by atoms with E-state index in [1.807, 2.05) is 6.92 Å². The molecule has 0 amide bonds. The van der Waals surface area contributed by atoms with E-state index in [1.54, 1.807) is 0 Å². The SMILES string of the molecule is C[C@H](C#N)[C@@H]1CCCO1. The molecular weight excluding hydrogens is 114 g/mol. The Balaban J connectivity index is 2.34. The van der Waals surface area contributed by atoms with Crippen LogP contribution in [0.15, 0.2) is 0 Å². The molecule has 1 rings (SSSR count). The number of nitriles is 1. The lowest BCUT2D eigenvalue weighted by Crippen LogP contribution is -2.14. The summed E-state index contributed by atoms with van der Waals surface area (Å²) in [7, 11) is 0. The lowest BCUT2D eigenvalue weighted by atomic mass is 10.0. The van der Waals surface area contributed by atoms with Gasteiger partial charge in [0.1, 0.15) is 0 Å². The fourth-order valence-corrected chi connectivity index (χ4v) is 1.08. The van der Waals surface area contributed by atoms with Crippen LogP contribution in [0.5, 0.6) is 0 Å². The number of hydrogen-bond donors (Lipinski definition) is 0. The molecule has 0 aromatic rings. The highest BCUT2D eigenvalue weighted by atomic mass is 16.5. The summed E-state index contributed by atoms with van der Waals surface area (Å²) in [5.41, 5.74) is 0. The lowest BCUT2D eigenvalue weighted by molar-refractivity contribution is 0.0867. The molecular formula is C7H11NO. The first-order valence-electron chi connectivity index (χ1n) is 3.36. The molecule has 0 N–H and O–H groups in total. The fourth-order valence-electron chi connectivity index (χ4n) is 1.08. The van der Waals surface area contributed by atoms with Crippen LogP contribution >= 0.6 is 0 Å². The van der Waals surface area contributed by atoms with Gasteiger partial charge in [0.15, 0.2) is 0 Å². The monoisotopic (exact) mass is 125 g/mol. The van der Waals surface area contributed by atoms with Crippen LogP contribution in [-0.4, -0.2) is 12.7 Å². The smallest absolute Gasteiger partial charge is 0.0731 e. The maximum Gasteiger partial charge on any atom is 0.0731 e. The predicted molar refractivity (Wildman–Crippen MR) is 33.8 cm³/mol. The van der Waals surface area contributed by atoms with Gasteiger partial charge in [-0.3, -0.25) is 0 Å². The number of hydrogen-bond acceptors (Lipinski definition) is 2. The highest BCUT2D eigenvalue weighted by Crippen LogP contribution is 2.18. The van der Waals surface area contributed by atoms with Crippen molar-refractivity contribution in [3.63, 3.8) is 0 Å². The largest absolute Gasteiger partial charge is 0.377 e. The summed E-state index contributed by atoms with van der Waals surface area (Å²) < 4.78 is 5.28. The van der Waals surface area contributed by atoms with Crippen molar-refractivity contribution in [2.24, 2.45) is 5.92 Å². The summed E-state index contributed by atoms with van der Waals surface area (Å²) in [5, 5.41) is 8.47. The standard InChI is InChI=1S/C7H11NO/c1-6(5-8)7-3-2-4-9-7/h6-7H,2-4H2,1H3/t6-,7+/m1/s1. The molecule has 1 heterocycles. The second kappa shape index (κ2) is 2.84. The average molecular weight is 125 g/mol. The van der Waals surface area contributed by atoms with Gasteiger partial charge < -0.3 is 4.74 Å². The van der Waals surface area contributed by atoms with E-state index in [1.165, 1.54) is 0 Å². The molecule has 2 atom stereocenters. The lowest BCUT2D eigenvalue weighted by Gasteiger charge is -2.09. The van der Waals surface area contributed by atoms with Crippen LogP contribution in [0.4, 0.5) is 0 Å². The molecule has 1 aliphatic rings. The molecule has 1 saturated heterocycles. The van der Waals surface area contributed by atoms with Gasteiger partial charge in [-0.25, -0.2) is 0 Å². The second-order valence-corrected chi connectivity index (χ2v) is 2.47. The number of nitrogens with zero attached hydrogens (tertiary/aromatic N) is 1. The average Bonchev–Trinajstić information content (AvgIpc) is 2.37. The zero-order valence-corrected chi connectivity index (χ0v) is 5.63. The molecule has 0 aliphatic carbocycles. The van der Waals surface area contributed by atoms with Gasteiger partial charge in [-0.05, 0) is 19.8 Å². The minimum atomic E-state index is 0.0764. The van der Waals surface area contributed by atoms with Crippen molar-refractivity contribution in [2.45, 2.75) is 25.9 Å². The van der Waals surface area contributed by atoms with Crippen LogP contribution < -0.4 is 0 Å². The van der Waals surface area contributed by atoms with Gasteiger partial charge in [-0.1, -0.05) is 0 Å². The van der Waals surface area contributed by atoms with E-state index in [0.29, 0.717) is 0 Å². The Morgan fingerprint density at radius 2 is 2.56 bits per heavy atom. The first kappa shape index (κ1) is 6.57. The second-order valence-electron chi connectivity index (χ2n) is 2.47. The van der Waals surface area contributed by atoms with E-state index < -0.39 is 0 Å². The topological polar surface area (TPSA) is 33.0 Å². The molecule has 0 saturated carbocycles. The van der Waals surface area contributed by atoms with Crippen LogP contribution in [0, 0.1) is 17.2 Å². The van der Waals surface area contributed by atoms with E-state index in [2.05, 4.69) is 6.07 Å². The molecule has 9 heavy (non-hydrogen) atoms. The molecule has 0 radical (unpaired) electrons. The van der Waals surface area contributed by atoms with Gasteiger partial charge in [0, 0.05) is 6.61 Å². The van der Waals surface area contributed by atoms with Gasteiger partial charge in [0.2, 0.25) is 0 Å². The summed E-state index contributed by atoms with van der Waals surface area (Å²) in [5.74, 6) is 0.0764. The summed E-state index contributed by atoms with van der Waals surface area (Å²) in [6, 6.07) is 2.18. The molecule has 2 nitrogen and oxygen atoms in total. The third-order valence-electron chi connectivity index (χ3n) is 1.73. The van der Waals surface area contributed by atoms with Crippen molar-refractivity contribution in [3.8, 4) is 6.07 Å². The van der Waals surface area contributed by atoms with Gasteiger partial charge in [0.05, 0.1) is 18.1 Å². The Labute approximate surface area is 55.4 Å². The van der Waals surface area contributed by atoms with Crippen LogP contribution in [-0.2, 0) is 4.74 Å². The molecule has 0 aromatic heterocycles. The van der Waals surface area contributed by atoms with E-state index in [9.17, 15) is 0 Å². The van der Waals surface area contributed by atoms with Crippen molar-refractivity contribution < 1.29 is 4.74 Å².